The standard InChI is InChI=1S/C15H29N3O/c1-10-5-6-11(2)18(10)12(3)14(19)17-15(4,9-16)13-7-8-13/h10-13H,5-9,16H2,1-4H3,(H,17,19). The summed E-state index contributed by atoms with van der Waals surface area (Å²) >= 11 is 0. The van der Waals surface area contributed by atoms with Crippen molar-refractivity contribution in [2.24, 2.45) is 11.7 Å². The van der Waals surface area contributed by atoms with Crippen molar-refractivity contribution >= 4 is 5.91 Å². The fourth-order valence-corrected chi connectivity index (χ4v) is 3.54. The van der Waals surface area contributed by atoms with Crippen LogP contribution in [-0.4, -0.2) is 41.0 Å². The molecule has 0 aromatic rings. The van der Waals surface area contributed by atoms with E-state index >= 15 is 0 Å². The highest BCUT2D eigenvalue weighted by atomic mass is 16.2. The van der Waals surface area contributed by atoms with Crippen LogP contribution in [-0.2, 0) is 4.79 Å². The minimum absolute atomic E-state index is 0.0582. The first-order chi connectivity index (χ1) is 8.89. The smallest absolute Gasteiger partial charge is 0.237 e. The maximum Gasteiger partial charge on any atom is 0.237 e. The summed E-state index contributed by atoms with van der Waals surface area (Å²) in [6.07, 6.45) is 4.77. The van der Waals surface area contributed by atoms with Gasteiger partial charge in [-0.1, -0.05) is 0 Å². The molecule has 1 amide bonds. The molecule has 19 heavy (non-hydrogen) atoms. The monoisotopic (exact) mass is 267 g/mol. The van der Waals surface area contributed by atoms with Crippen LogP contribution >= 0.6 is 0 Å². The molecule has 1 aliphatic carbocycles. The second-order valence-electron chi connectivity index (χ2n) is 6.78. The SMILES string of the molecule is CC1CCC(C)N1C(C)C(=O)NC(C)(CN)C1CC1. The molecule has 2 aliphatic rings. The van der Waals surface area contributed by atoms with E-state index in [9.17, 15) is 4.79 Å². The van der Waals surface area contributed by atoms with Crippen LogP contribution in [0, 0.1) is 5.92 Å². The van der Waals surface area contributed by atoms with Crippen molar-refractivity contribution in [3.05, 3.63) is 0 Å². The quantitative estimate of drug-likeness (QED) is 0.793. The van der Waals surface area contributed by atoms with Crippen LogP contribution in [0.2, 0.25) is 0 Å². The zero-order valence-electron chi connectivity index (χ0n) is 12.8. The van der Waals surface area contributed by atoms with Crippen molar-refractivity contribution in [1.82, 2.24) is 10.2 Å². The first kappa shape index (κ1) is 14.8. The van der Waals surface area contributed by atoms with Crippen molar-refractivity contribution in [2.45, 2.75) is 77.0 Å². The summed E-state index contributed by atoms with van der Waals surface area (Å²) in [5.41, 5.74) is 5.67. The summed E-state index contributed by atoms with van der Waals surface area (Å²) in [6.45, 7) is 9.08. The van der Waals surface area contributed by atoms with Gasteiger partial charge in [-0.05, 0) is 59.3 Å². The van der Waals surface area contributed by atoms with Crippen molar-refractivity contribution in [3.8, 4) is 0 Å². The number of carbonyl (C=O) groups is 1. The molecular weight excluding hydrogens is 238 g/mol. The number of nitrogens with zero attached hydrogens (tertiary/aromatic N) is 1. The fraction of sp³-hybridized carbons (Fsp3) is 0.933. The molecule has 2 rings (SSSR count). The zero-order chi connectivity index (χ0) is 14.2. The number of nitrogens with one attached hydrogen (secondary N) is 1. The van der Waals surface area contributed by atoms with Crippen LogP contribution in [0.3, 0.4) is 0 Å². The summed E-state index contributed by atoms with van der Waals surface area (Å²) < 4.78 is 0. The number of hydrogen-bond donors (Lipinski definition) is 2. The highest BCUT2D eigenvalue weighted by molar-refractivity contribution is 5.82. The Bertz CT molecular complexity index is 332. The van der Waals surface area contributed by atoms with Crippen LogP contribution in [0.25, 0.3) is 0 Å². The van der Waals surface area contributed by atoms with E-state index in [-0.39, 0.29) is 17.5 Å². The second-order valence-corrected chi connectivity index (χ2v) is 6.78. The van der Waals surface area contributed by atoms with Gasteiger partial charge in [0.2, 0.25) is 5.91 Å². The summed E-state index contributed by atoms with van der Waals surface area (Å²) in [7, 11) is 0. The van der Waals surface area contributed by atoms with Gasteiger partial charge < -0.3 is 11.1 Å². The average molecular weight is 267 g/mol. The van der Waals surface area contributed by atoms with Crippen LogP contribution in [0.1, 0.15) is 53.4 Å². The Balaban J connectivity index is 1.99. The van der Waals surface area contributed by atoms with E-state index < -0.39 is 0 Å². The molecule has 3 N–H and O–H groups in total. The minimum atomic E-state index is -0.211. The van der Waals surface area contributed by atoms with Gasteiger partial charge in [0.15, 0.2) is 0 Å². The molecule has 4 nitrogen and oxygen atoms in total. The highest BCUT2D eigenvalue weighted by Crippen LogP contribution is 2.39. The Hall–Kier alpha value is -0.610. The molecule has 0 aromatic carbocycles. The molecule has 2 fully saturated rings. The molecule has 1 saturated heterocycles. The van der Waals surface area contributed by atoms with Crippen LogP contribution < -0.4 is 11.1 Å². The van der Waals surface area contributed by atoms with Gasteiger partial charge >= 0.3 is 0 Å². The average Bonchev–Trinajstić information content (AvgIpc) is 3.16. The predicted octanol–water partition coefficient (Wildman–Crippen LogP) is 1.49. The normalized spacial score (nSPS) is 32.9. The Morgan fingerprint density at radius 3 is 2.26 bits per heavy atom. The van der Waals surface area contributed by atoms with Crippen molar-refractivity contribution in [2.75, 3.05) is 6.54 Å². The lowest BCUT2D eigenvalue weighted by Crippen LogP contribution is -2.58. The minimum Gasteiger partial charge on any atom is -0.348 e. The molecule has 1 aliphatic heterocycles. The van der Waals surface area contributed by atoms with E-state index in [1.165, 1.54) is 25.7 Å². The first-order valence-corrected chi connectivity index (χ1v) is 7.68. The predicted molar refractivity (Wildman–Crippen MR) is 77.8 cm³/mol. The highest BCUT2D eigenvalue weighted by Gasteiger charge is 2.43. The van der Waals surface area contributed by atoms with Crippen LogP contribution in [0.15, 0.2) is 0 Å². The largest absolute Gasteiger partial charge is 0.348 e. The van der Waals surface area contributed by atoms with Gasteiger partial charge in [0.25, 0.3) is 0 Å². The lowest BCUT2D eigenvalue weighted by atomic mass is 9.95. The van der Waals surface area contributed by atoms with Crippen molar-refractivity contribution in [1.29, 1.82) is 0 Å². The van der Waals surface area contributed by atoms with Crippen LogP contribution in [0.5, 0.6) is 0 Å². The van der Waals surface area contributed by atoms with Crippen molar-refractivity contribution < 1.29 is 4.79 Å². The molecule has 0 radical (unpaired) electrons. The Morgan fingerprint density at radius 2 is 1.84 bits per heavy atom. The first-order valence-electron chi connectivity index (χ1n) is 7.68. The zero-order valence-corrected chi connectivity index (χ0v) is 12.8. The van der Waals surface area contributed by atoms with Gasteiger partial charge in [-0.25, -0.2) is 0 Å². The maximum absolute atomic E-state index is 12.5. The Kier molecular flexibility index (Phi) is 4.21. The third-order valence-electron chi connectivity index (χ3n) is 5.16. The van der Waals surface area contributed by atoms with E-state index in [1.54, 1.807) is 0 Å². The summed E-state index contributed by atoms with van der Waals surface area (Å²) in [5.74, 6) is 0.711. The van der Waals surface area contributed by atoms with E-state index in [0.29, 0.717) is 24.5 Å². The molecule has 4 heteroatoms. The van der Waals surface area contributed by atoms with Crippen molar-refractivity contribution in [3.63, 3.8) is 0 Å². The number of nitrogens with two attached hydrogens (primary N) is 1. The molecule has 0 spiro atoms. The lowest BCUT2D eigenvalue weighted by molar-refractivity contribution is -0.128. The lowest BCUT2D eigenvalue weighted by Gasteiger charge is -2.36. The molecular formula is C15H29N3O. The van der Waals surface area contributed by atoms with Gasteiger partial charge in [-0.3, -0.25) is 9.69 Å². The van der Waals surface area contributed by atoms with E-state index in [2.05, 4.69) is 31.0 Å². The topological polar surface area (TPSA) is 58.4 Å². The molecule has 4 unspecified atom stereocenters. The van der Waals surface area contributed by atoms with E-state index in [4.69, 9.17) is 5.73 Å². The molecule has 110 valence electrons. The van der Waals surface area contributed by atoms with Gasteiger partial charge in [0, 0.05) is 18.6 Å². The van der Waals surface area contributed by atoms with Gasteiger partial charge in [-0.15, -0.1) is 0 Å². The summed E-state index contributed by atoms with van der Waals surface area (Å²) in [6, 6.07) is 0.943. The van der Waals surface area contributed by atoms with Gasteiger partial charge in [0.05, 0.1) is 11.6 Å². The summed E-state index contributed by atoms with van der Waals surface area (Å²) in [4.78, 5) is 14.9. The third kappa shape index (κ3) is 2.95. The molecule has 0 aromatic heterocycles. The molecule has 0 bridgehead atoms. The van der Waals surface area contributed by atoms with E-state index in [1.807, 2.05) is 6.92 Å². The Labute approximate surface area is 117 Å². The third-order valence-corrected chi connectivity index (χ3v) is 5.16. The summed E-state index contributed by atoms with van der Waals surface area (Å²) in [5, 5.41) is 3.22. The van der Waals surface area contributed by atoms with E-state index in [0.717, 1.165) is 0 Å². The van der Waals surface area contributed by atoms with Gasteiger partial charge in [0.1, 0.15) is 0 Å². The second kappa shape index (κ2) is 5.41. The number of amides is 1. The number of likely N-dealkylation sites (tertiary alicyclic amines) is 1. The fourth-order valence-electron chi connectivity index (χ4n) is 3.54. The number of rotatable bonds is 5. The van der Waals surface area contributed by atoms with Crippen LogP contribution in [0.4, 0.5) is 0 Å². The molecule has 4 atom stereocenters. The molecule has 1 heterocycles. The van der Waals surface area contributed by atoms with Gasteiger partial charge in [-0.2, -0.15) is 0 Å². The Morgan fingerprint density at radius 1 is 1.32 bits per heavy atom. The number of hydrogen-bond acceptors (Lipinski definition) is 3. The number of carbonyl (C=O) groups excluding carboxylic acids is 1. The molecule has 1 saturated carbocycles. The maximum atomic E-state index is 12.5.